The highest BCUT2D eigenvalue weighted by Crippen LogP contribution is 2.01. The van der Waals surface area contributed by atoms with Crippen molar-refractivity contribution in [3.05, 3.63) is 24.6 Å². The van der Waals surface area contributed by atoms with Gasteiger partial charge in [0.05, 0.1) is 8.07 Å². The van der Waals surface area contributed by atoms with Crippen molar-refractivity contribution >= 4 is 8.07 Å². The molecule has 0 spiro atoms. The normalized spacial score (nSPS) is 9.20. The van der Waals surface area contributed by atoms with Gasteiger partial charge in [0.25, 0.3) is 0 Å². The molecule has 0 rings (SSSR count). The quantitative estimate of drug-likeness (QED) is 0.610. The Balaban J connectivity index is 0. The SMILES string of the molecule is C=C[Si](C)(C)C=C.CCO. The maximum atomic E-state index is 7.57. The summed E-state index contributed by atoms with van der Waals surface area (Å²) in [6.45, 7) is 13.7. The van der Waals surface area contributed by atoms with Crippen LogP contribution < -0.4 is 0 Å². The Bertz CT molecular complexity index is 87.4. The lowest BCUT2D eigenvalue weighted by atomic mass is 10.9. The fourth-order valence-corrected chi connectivity index (χ4v) is 0.250. The van der Waals surface area contributed by atoms with Gasteiger partial charge in [0, 0.05) is 6.61 Å². The Morgan fingerprint density at radius 3 is 1.50 bits per heavy atom. The minimum Gasteiger partial charge on any atom is -0.397 e. The Morgan fingerprint density at radius 1 is 1.30 bits per heavy atom. The average molecular weight is 158 g/mol. The first kappa shape index (κ1) is 12.3. The second-order valence-corrected chi connectivity index (χ2v) is 7.01. The van der Waals surface area contributed by atoms with Gasteiger partial charge in [-0.2, -0.15) is 0 Å². The van der Waals surface area contributed by atoms with E-state index in [2.05, 4.69) is 26.3 Å². The minimum absolute atomic E-state index is 0.250. The standard InChI is InChI=1S/C6H12Si.C2H6O/c1-5-7(3,4)6-2;1-2-3/h5-6H,1-2H2,3-4H3;3H,2H2,1H3. The smallest absolute Gasteiger partial charge is 0.0942 e. The molecule has 0 amide bonds. The highest BCUT2D eigenvalue weighted by atomic mass is 28.3. The van der Waals surface area contributed by atoms with Crippen LogP contribution in [0.2, 0.25) is 13.1 Å². The lowest BCUT2D eigenvalue weighted by Gasteiger charge is -2.07. The van der Waals surface area contributed by atoms with Crippen molar-refractivity contribution in [1.29, 1.82) is 0 Å². The van der Waals surface area contributed by atoms with E-state index in [-0.39, 0.29) is 6.61 Å². The minimum atomic E-state index is -1.12. The van der Waals surface area contributed by atoms with E-state index < -0.39 is 8.07 Å². The van der Waals surface area contributed by atoms with Gasteiger partial charge in [0.2, 0.25) is 0 Å². The van der Waals surface area contributed by atoms with Gasteiger partial charge in [-0.3, -0.25) is 0 Å². The summed E-state index contributed by atoms with van der Waals surface area (Å²) in [7, 11) is -1.12. The van der Waals surface area contributed by atoms with E-state index in [0.29, 0.717) is 0 Å². The zero-order valence-electron chi connectivity index (χ0n) is 7.22. The Kier molecular flexibility index (Phi) is 8.36. The van der Waals surface area contributed by atoms with E-state index in [9.17, 15) is 0 Å². The van der Waals surface area contributed by atoms with Gasteiger partial charge in [-0.25, -0.2) is 0 Å². The van der Waals surface area contributed by atoms with Gasteiger partial charge in [-0.15, -0.1) is 13.2 Å². The number of rotatable bonds is 2. The highest BCUT2D eigenvalue weighted by Gasteiger charge is 2.07. The molecule has 0 fully saturated rings. The topological polar surface area (TPSA) is 20.2 Å². The molecule has 0 saturated heterocycles. The molecule has 0 saturated carbocycles. The van der Waals surface area contributed by atoms with Crippen LogP contribution in [-0.4, -0.2) is 19.8 Å². The van der Waals surface area contributed by atoms with Crippen LogP contribution in [0.4, 0.5) is 0 Å². The van der Waals surface area contributed by atoms with E-state index >= 15 is 0 Å². The maximum absolute atomic E-state index is 7.57. The largest absolute Gasteiger partial charge is 0.397 e. The molecule has 0 aromatic heterocycles. The molecule has 0 heterocycles. The Morgan fingerprint density at radius 2 is 1.50 bits per heavy atom. The van der Waals surface area contributed by atoms with Gasteiger partial charge < -0.3 is 5.11 Å². The summed E-state index contributed by atoms with van der Waals surface area (Å²) in [5, 5.41) is 7.57. The number of aliphatic hydroxyl groups excluding tert-OH is 1. The van der Waals surface area contributed by atoms with Gasteiger partial charge >= 0.3 is 0 Å². The lowest BCUT2D eigenvalue weighted by Crippen LogP contribution is -2.17. The van der Waals surface area contributed by atoms with Crippen molar-refractivity contribution in [3.8, 4) is 0 Å². The monoisotopic (exact) mass is 158 g/mol. The Labute approximate surface area is 65.1 Å². The molecule has 1 N–H and O–H groups in total. The molecule has 10 heavy (non-hydrogen) atoms. The molecule has 1 nitrogen and oxygen atoms in total. The molecule has 0 radical (unpaired) electrons. The van der Waals surface area contributed by atoms with Crippen molar-refractivity contribution in [2.45, 2.75) is 20.0 Å². The van der Waals surface area contributed by atoms with Crippen LogP contribution in [0.1, 0.15) is 6.92 Å². The van der Waals surface area contributed by atoms with E-state index in [1.54, 1.807) is 6.92 Å². The molecule has 0 aliphatic rings. The summed E-state index contributed by atoms with van der Waals surface area (Å²) in [5.74, 6) is 0. The molecule has 0 aliphatic carbocycles. The average Bonchev–Trinajstić information content (AvgIpc) is 1.90. The fourth-order valence-electron chi connectivity index (χ4n) is 0.0833. The van der Waals surface area contributed by atoms with E-state index in [4.69, 9.17) is 5.11 Å². The van der Waals surface area contributed by atoms with Gasteiger partial charge in [-0.1, -0.05) is 24.5 Å². The number of hydrogen-bond acceptors (Lipinski definition) is 1. The van der Waals surface area contributed by atoms with Crippen LogP contribution in [0.5, 0.6) is 0 Å². The van der Waals surface area contributed by atoms with E-state index in [0.717, 1.165) is 0 Å². The van der Waals surface area contributed by atoms with Crippen molar-refractivity contribution in [3.63, 3.8) is 0 Å². The van der Waals surface area contributed by atoms with E-state index in [1.807, 2.05) is 11.4 Å². The summed E-state index contributed by atoms with van der Waals surface area (Å²) in [5.41, 5.74) is 4.03. The molecular weight excluding hydrogens is 140 g/mol. The van der Waals surface area contributed by atoms with E-state index in [1.165, 1.54) is 0 Å². The zero-order valence-corrected chi connectivity index (χ0v) is 8.22. The highest BCUT2D eigenvalue weighted by molar-refractivity contribution is 6.86. The van der Waals surface area contributed by atoms with Crippen LogP contribution >= 0.6 is 0 Å². The molecule has 0 bridgehead atoms. The molecule has 60 valence electrons. The molecule has 0 aromatic carbocycles. The first-order valence-corrected chi connectivity index (χ1v) is 6.57. The predicted octanol–water partition coefficient (Wildman–Crippen LogP) is 2.14. The molecule has 0 atom stereocenters. The fraction of sp³-hybridized carbons (Fsp3) is 0.500. The summed E-state index contributed by atoms with van der Waals surface area (Å²) in [6, 6.07) is 0. The van der Waals surface area contributed by atoms with Crippen molar-refractivity contribution in [2.24, 2.45) is 0 Å². The van der Waals surface area contributed by atoms with Crippen LogP contribution in [0.3, 0.4) is 0 Å². The summed E-state index contributed by atoms with van der Waals surface area (Å²) >= 11 is 0. The van der Waals surface area contributed by atoms with Gasteiger partial charge in [0.15, 0.2) is 0 Å². The first-order chi connectivity index (χ1) is 4.54. The first-order valence-electron chi connectivity index (χ1n) is 3.42. The third-order valence-corrected chi connectivity index (χ3v) is 3.16. The van der Waals surface area contributed by atoms with Crippen molar-refractivity contribution in [2.75, 3.05) is 6.61 Å². The Hall–Kier alpha value is -0.343. The van der Waals surface area contributed by atoms with Crippen LogP contribution in [-0.2, 0) is 0 Å². The number of aliphatic hydroxyl groups is 1. The molecule has 2 heteroatoms. The number of hydrogen-bond donors (Lipinski definition) is 1. The molecule has 0 aliphatic heterocycles. The molecule has 0 aromatic rings. The maximum Gasteiger partial charge on any atom is 0.0942 e. The van der Waals surface area contributed by atoms with Crippen LogP contribution in [0.15, 0.2) is 24.6 Å². The third kappa shape index (κ3) is 10.6. The van der Waals surface area contributed by atoms with Gasteiger partial charge in [0.1, 0.15) is 0 Å². The second-order valence-electron chi connectivity index (χ2n) is 2.55. The summed E-state index contributed by atoms with van der Waals surface area (Å²) in [6.07, 6.45) is 0. The molecule has 0 unspecified atom stereocenters. The van der Waals surface area contributed by atoms with Crippen molar-refractivity contribution in [1.82, 2.24) is 0 Å². The van der Waals surface area contributed by atoms with Crippen LogP contribution in [0, 0.1) is 0 Å². The lowest BCUT2D eigenvalue weighted by molar-refractivity contribution is 0.318. The second kappa shape index (κ2) is 6.77. The zero-order chi connectivity index (χ0) is 8.62. The summed E-state index contributed by atoms with van der Waals surface area (Å²) in [4.78, 5) is 0. The summed E-state index contributed by atoms with van der Waals surface area (Å²) < 4.78 is 0. The van der Waals surface area contributed by atoms with Crippen molar-refractivity contribution < 1.29 is 5.11 Å². The molecular formula is C8H18OSi. The van der Waals surface area contributed by atoms with Gasteiger partial charge in [-0.05, 0) is 6.92 Å². The third-order valence-electron chi connectivity index (χ3n) is 1.05. The van der Waals surface area contributed by atoms with Crippen LogP contribution in [0.25, 0.3) is 0 Å². The predicted molar refractivity (Wildman–Crippen MR) is 50.6 cm³/mol.